The number of aryl methyl sites for hydroxylation is 1. The van der Waals surface area contributed by atoms with E-state index in [9.17, 15) is 0 Å². The Morgan fingerprint density at radius 3 is 2.43 bits per heavy atom. The highest BCUT2D eigenvalue weighted by Crippen LogP contribution is 2.33. The molecular weight excluding hydrogens is 346 g/mol. The van der Waals surface area contributed by atoms with Crippen LogP contribution >= 0.6 is 0 Å². The summed E-state index contributed by atoms with van der Waals surface area (Å²) in [6, 6.07) is 26.5. The molecule has 2 heterocycles. The van der Waals surface area contributed by atoms with Gasteiger partial charge in [0.25, 0.3) is 0 Å². The zero-order chi connectivity index (χ0) is 18.9. The summed E-state index contributed by atoms with van der Waals surface area (Å²) in [6.07, 6.45) is 2.02. The van der Waals surface area contributed by atoms with Crippen molar-refractivity contribution in [1.29, 1.82) is 0 Å². The van der Waals surface area contributed by atoms with Crippen LogP contribution in [0.5, 0.6) is 0 Å². The second-order valence-electron chi connectivity index (χ2n) is 6.93. The SMILES string of the molecule is Cc1ccc2nc(-c3cn(Cc4ccccc4)nc3-c3ccccc3)oc2c1. The molecule has 0 saturated heterocycles. The molecule has 5 aromatic rings. The van der Waals surface area contributed by atoms with Gasteiger partial charge >= 0.3 is 0 Å². The summed E-state index contributed by atoms with van der Waals surface area (Å²) in [4.78, 5) is 4.71. The van der Waals surface area contributed by atoms with Crippen molar-refractivity contribution in [3.63, 3.8) is 0 Å². The van der Waals surface area contributed by atoms with Crippen LogP contribution in [0.2, 0.25) is 0 Å². The number of benzene rings is 3. The van der Waals surface area contributed by atoms with Crippen molar-refractivity contribution in [2.45, 2.75) is 13.5 Å². The highest BCUT2D eigenvalue weighted by molar-refractivity contribution is 5.81. The Morgan fingerprint density at radius 1 is 0.893 bits per heavy atom. The molecule has 4 heteroatoms. The largest absolute Gasteiger partial charge is 0.436 e. The first-order chi connectivity index (χ1) is 13.8. The van der Waals surface area contributed by atoms with Gasteiger partial charge in [0.05, 0.1) is 12.1 Å². The molecule has 0 fully saturated rings. The molecule has 0 N–H and O–H groups in total. The molecule has 0 spiro atoms. The minimum absolute atomic E-state index is 0.596. The van der Waals surface area contributed by atoms with Crippen molar-refractivity contribution in [1.82, 2.24) is 14.8 Å². The van der Waals surface area contributed by atoms with Crippen LogP contribution in [0.15, 0.2) is 89.5 Å². The monoisotopic (exact) mass is 365 g/mol. The lowest BCUT2D eigenvalue weighted by molar-refractivity contribution is 0.619. The minimum atomic E-state index is 0.596. The zero-order valence-electron chi connectivity index (χ0n) is 15.5. The summed E-state index contributed by atoms with van der Waals surface area (Å²) in [6.45, 7) is 2.74. The van der Waals surface area contributed by atoms with E-state index in [0.29, 0.717) is 12.4 Å². The highest BCUT2D eigenvalue weighted by Gasteiger charge is 2.18. The first-order valence-electron chi connectivity index (χ1n) is 9.31. The lowest BCUT2D eigenvalue weighted by Gasteiger charge is -2.01. The lowest BCUT2D eigenvalue weighted by atomic mass is 10.1. The average molecular weight is 365 g/mol. The Morgan fingerprint density at radius 2 is 1.64 bits per heavy atom. The summed E-state index contributed by atoms with van der Waals surface area (Å²) >= 11 is 0. The first kappa shape index (κ1) is 16.5. The third-order valence-electron chi connectivity index (χ3n) is 4.77. The molecule has 0 aliphatic rings. The van der Waals surface area contributed by atoms with Crippen LogP contribution in [-0.2, 0) is 6.54 Å². The molecule has 0 aliphatic heterocycles. The van der Waals surface area contributed by atoms with Gasteiger partial charge in [-0.3, -0.25) is 4.68 Å². The summed E-state index contributed by atoms with van der Waals surface area (Å²) in [5, 5.41) is 4.86. The second-order valence-corrected chi connectivity index (χ2v) is 6.93. The molecule has 2 aromatic heterocycles. The highest BCUT2D eigenvalue weighted by atomic mass is 16.3. The Hall–Kier alpha value is -3.66. The van der Waals surface area contributed by atoms with Crippen LogP contribution in [0.1, 0.15) is 11.1 Å². The van der Waals surface area contributed by atoms with E-state index in [-0.39, 0.29) is 0 Å². The number of fused-ring (bicyclic) bond motifs is 1. The van der Waals surface area contributed by atoms with Gasteiger partial charge in [-0.15, -0.1) is 0 Å². The van der Waals surface area contributed by atoms with Gasteiger partial charge in [0.15, 0.2) is 5.58 Å². The molecule has 3 aromatic carbocycles. The molecular formula is C24H19N3O. The fourth-order valence-electron chi connectivity index (χ4n) is 3.39. The molecule has 0 atom stereocenters. The normalized spacial score (nSPS) is 11.2. The molecule has 136 valence electrons. The van der Waals surface area contributed by atoms with E-state index in [1.54, 1.807) is 0 Å². The second kappa shape index (κ2) is 6.82. The van der Waals surface area contributed by atoms with Crippen LogP contribution in [0, 0.1) is 6.92 Å². The number of oxazole rings is 1. The summed E-state index contributed by atoms with van der Waals surface area (Å²) in [7, 11) is 0. The van der Waals surface area contributed by atoms with E-state index < -0.39 is 0 Å². The van der Waals surface area contributed by atoms with Crippen LogP contribution < -0.4 is 0 Å². The topological polar surface area (TPSA) is 43.9 Å². The predicted octanol–water partition coefficient (Wildman–Crippen LogP) is 5.72. The third-order valence-corrected chi connectivity index (χ3v) is 4.77. The zero-order valence-corrected chi connectivity index (χ0v) is 15.5. The molecule has 5 rings (SSSR count). The maximum Gasteiger partial charge on any atom is 0.231 e. The van der Waals surface area contributed by atoms with E-state index in [0.717, 1.165) is 33.5 Å². The fraction of sp³-hybridized carbons (Fsp3) is 0.0833. The molecule has 0 saturated carbocycles. The molecule has 4 nitrogen and oxygen atoms in total. The van der Waals surface area contributed by atoms with Gasteiger partial charge in [-0.05, 0) is 30.2 Å². The number of hydrogen-bond acceptors (Lipinski definition) is 3. The van der Waals surface area contributed by atoms with Crippen molar-refractivity contribution in [3.8, 4) is 22.7 Å². The predicted molar refractivity (Wildman–Crippen MR) is 111 cm³/mol. The van der Waals surface area contributed by atoms with E-state index in [1.807, 2.05) is 65.5 Å². The van der Waals surface area contributed by atoms with Gasteiger partial charge in [0, 0.05) is 11.8 Å². The minimum Gasteiger partial charge on any atom is -0.436 e. The third kappa shape index (κ3) is 3.09. The summed E-state index contributed by atoms with van der Waals surface area (Å²) in [5.41, 5.74) is 6.82. The van der Waals surface area contributed by atoms with Gasteiger partial charge in [-0.1, -0.05) is 66.7 Å². The fourth-order valence-corrected chi connectivity index (χ4v) is 3.39. The quantitative estimate of drug-likeness (QED) is 0.409. The van der Waals surface area contributed by atoms with Gasteiger partial charge in [-0.2, -0.15) is 5.10 Å². The van der Waals surface area contributed by atoms with E-state index >= 15 is 0 Å². The smallest absolute Gasteiger partial charge is 0.231 e. The molecule has 0 aliphatic carbocycles. The standard InChI is InChI=1S/C24H19N3O/c1-17-12-13-21-22(14-17)28-24(25-21)20-16-27(15-18-8-4-2-5-9-18)26-23(20)19-10-6-3-7-11-19/h2-14,16H,15H2,1H3. The van der Waals surface area contributed by atoms with Crippen LogP contribution in [-0.4, -0.2) is 14.8 Å². The summed E-state index contributed by atoms with van der Waals surface area (Å²) < 4.78 is 8.05. The van der Waals surface area contributed by atoms with E-state index in [4.69, 9.17) is 14.5 Å². The molecule has 0 radical (unpaired) electrons. The van der Waals surface area contributed by atoms with E-state index in [1.165, 1.54) is 5.56 Å². The Bertz CT molecular complexity index is 1240. The van der Waals surface area contributed by atoms with Crippen LogP contribution in [0.25, 0.3) is 33.8 Å². The lowest BCUT2D eigenvalue weighted by Crippen LogP contribution is -1.99. The van der Waals surface area contributed by atoms with Crippen LogP contribution in [0.4, 0.5) is 0 Å². The molecule has 28 heavy (non-hydrogen) atoms. The van der Waals surface area contributed by atoms with Crippen molar-refractivity contribution in [2.75, 3.05) is 0 Å². The van der Waals surface area contributed by atoms with Gasteiger partial charge in [0.1, 0.15) is 11.2 Å². The van der Waals surface area contributed by atoms with Crippen LogP contribution in [0.3, 0.4) is 0 Å². The van der Waals surface area contributed by atoms with Gasteiger partial charge < -0.3 is 4.42 Å². The Kier molecular flexibility index (Phi) is 4.02. The van der Waals surface area contributed by atoms with Gasteiger partial charge in [0.2, 0.25) is 5.89 Å². The summed E-state index contributed by atoms with van der Waals surface area (Å²) in [5.74, 6) is 0.596. The van der Waals surface area contributed by atoms with Crippen molar-refractivity contribution < 1.29 is 4.42 Å². The molecule has 0 amide bonds. The van der Waals surface area contributed by atoms with Crippen molar-refractivity contribution >= 4 is 11.1 Å². The Labute approximate surface area is 163 Å². The first-order valence-corrected chi connectivity index (χ1v) is 9.31. The van der Waals surface area contributed by atoms with Crippen molar-refractivity contribution in [2.24, 2.45) is 0 Å². The van der Waals surface area contributed by atoms with E-state index in [2.05, 4.69) is 31.2 Å². The van der Waals surface area contributed by atoms with Gasteiger partial charge in [-0.25, -0.2) is 4.98 Å². The Balaban J connectivity index is 1.64. The number of aromatic nitrogens is 3. The number of nitrogens with zero attached hydrogens (tertiary/aromatic N) is 3. The maximum atomic E-state index is 6.10. The number of rotatable bonds is 4. The van der Waals surface area contributed by atoms with Crippen molar-refractivity contribution in [3.05, 3.63) is 96.2 Å². The average Bonchev–Trinajstić information content (AvgIpc) is 3.33. The maximum absolute atomic E-state index is 6.10. The molecule has 0 bridgehead atoms. The molecule has 0 unspecified atom stereocenters. The number of hydrogen-bond donors (Lipinski definition) is 0.